The molecule has 1 N–H and O–H groups in total. The SMILES string of the molecule is c1nc2n(n1)C[C@H](NCc1ccsc1)CC2. The third-order valence-corrected chi connectivity index (χ3v) is 3.71. The maximum Gasteiger partial charge on any atom is 0.138 e. The highest BCUT2D eigenvalue weighted by atomic mass is 32.1. The number of nitrogens with one attached hydrogen (secondary N) is 1. The van der Waals surface area contributed by atoms with Crippen molar-refractivity contribution in [2.75, 3.05) is 0 Å². The van der Waals surface area contributed by atoms with E-state index in [1.165, 1.54) is 5.56 Å². The summed E-state index contributed by atoms with van der Waals surface area (Å²) in [5, 5.41) is 12.1. The molecule has 84 valence electrons. The molecule has 2 aromatic rings. The number of hydrogen-bond acceptors (Lipinski definition) is 4. The lowest BCUT2D eigenvalue weighted by molar-refractivity contribution is 0.358. The standard InChI is InChI=1S/C11H14N4S/c1-2-11-13-8-14-15(11)6-10(1)12-5-9-3-4-16-7-9/h3-4,7-8,10,12H,1-2,5-6H2/t10-/m1/s1. The number of aromatic nitrogens is 3. The average molecular weight is 234 g/mol. The van der Waals surface area contributed by atoms with Gasteiger partial charge in [-0.05, 0) is 28.8 Å². The third kappa shape index (κ3) is 2.01. The van der Waals surface area contributed by atoms with Crippen LogP contribution in [0.25, 0.3) is 0 Å². The van der Waals surface area contributed by atoms with Gasteiger partial charge in [-0.2, -0.15) is 16.4 Å². The van der Waals surface area contributed by atoms with Gasteiger partial charge in [-0.15, -0.1) is 0 Å². The van der Waals surface area contributed by atoms with Crippen LogP contribution in [0.1, 0.15) is 17.8 Å². The summed E-state index contributed by atoms with van der Waals surface area (Å²) < 4.78 is 2.01. The van der Waals surface area contributed by atoms with Gasteiger partial charge in [0.15, 0.2) is 0 Å². The summed E-state index contributed by atoms with van der Waals surface area (Å²) in [7, 11) is 0. The molecule has 0 radical (unpaired) electrons. The highest BCUT2D eigenvalue weighted by Gasteiger charge is 2.18. The lowest BCUT2D eigenvalue weighted by Crippen LogP contribution is -2.37. The number of thiophene rings is 1. The van der Waals surface area contributed by atoms with Crippen LogP contribution >= 0.6 is 11.3 Å². The highest BCUT2D eigenvalue weighted by Crippen LogP contribution is 2.12. The Morgan fingerprint density at radius 3 is 3.44 bits per heavy atom. The maximum absolute atomic E-state index is 4.23. The zero-order valence-electron chi connectivity index (χ0n) is 8.97. The fourth-order valence-corrected chi connectivity index (χ4v) is 2.73. The van der Waals surface area contributed by atoms with Gasteiger partial charge in [0.05, 0.1) is 6.54 Å². The molecular formula is C11H14N4S. The number of rotatable bonds is 3. The van der Waals surface area contributed by atoms with Crippen LogP contribution in [-0.2, 0) is 19.5 Å². The zero-order valence-corrected chi connectivity index (χ0v) is 9.78. The molecule has 0 spiro atoms. The van der Waals surface area contributed by atoms with E-state index in [4.69, 9.17) is 0 Å². The van der Waals surface area contributed by atoms with Crippen LogP contribution in [0.4, 0.5) is 0 Å². The summed E-state index contributed by atoms with van der Waals surface area (Å²) in [6.45, 7) is 1.90. The summed E-state index contributed by atoms with van der Waals surface area (Å²) >= 11 is 1.75. The van der Waals surface area contributed by atoms with Crippen molar-refractivity contribution >= 4 is 11.3 Å². The summed E-state index contributed by atoms with van der Waals surface area (Å²) in [6, 6.07) is 2.69. The largest absolute Gasteiger partial charge is 0.308 e. The smallest absolute Gasteiger partial charge is 0.138 e. The van der Waals surface area contributed by atoms with E-state index in [-0.39, 0.29) is 0 Å². The first-order chi connectivity index (χ1) is 7.92. The second-order valence-electron chi connectivity index (χ2n) is 4.11. The second kappa shape index (κ2) is 4.35. The van der Waals surface area contributed by atoms with Crippen molar-refractivity contribution in [1.29, 1.82) is 0 Å². The van der Waals surface area contributed by atoms with Crippen molar-refractivity contribution < 1.29 is 0 Å². The Labute approximate surface area is 98.3 Å². The van der Waals surface area contributed by atoms with Crippen molar-refractivity contribution in [1.82, 2.24) is 20.1 Å². The van der Waals surface area contributed by atoms with Gasteiger partial charge >= 0.3 is 0 Å². The lowest BCUT2D eigenvalue weighted by atomic mass is 10.1. The fourth-order valence-electron chi connectivity index (χ4n) is 2.06. The topological polar surface area (TPSA) is 42.7 Å². The molecule has 0 aromatic carbocycles. The molecule has 16 heavy (non-hydrogen) atoms. The van der Waals surface area contributed by atoms with Gasteiger partial charge in [0.2, 0.25) is 0 Å². The Balaban J connectivity index is 1.58. The average Bonchev–Trinajstić information content (AvgIpc) is 2.97. The van der Waals surface area contributed by atoms with E-state index in [1.807, 2.05) is 4.68 Å². The maximum atomic E-state index is 4.23. The van der Waals surface area contributed by atoms with E-state index >= 15 is 0 Å². The molecule has 2 aromatic heterocycles. The molecule has 0 saturated heterocycles. The Morgan fingerprint density at radius 2 is 2.56 bits per heavy atom. The van der Waals surface area contributed by atoms with E-state index in [9.17, 15) is 0 Å². The third-order valence-electron chi connectivity index (χ3n) is 2.98. The van der Waals surface area contributed by atoms with Crippen molar-refractivity contribution in [2.24, 2.45) is 0 Å². The van der Waals surface area contributed by atoms with E-state index in [1.54, 1.807) is 17.7 Å². The summed E-state index contributed by atoms with van der Waals surface area (Å²) in [5.41, 5.74) is 1.37. The molecule has 0 aliphatic carbocycles. The van der Waals surface area contributed by atoms with Gasteiger partial charge in [-0.3, -0.25) is 0 Å². The molecule has 5 heteroatoms. The predicted octanol–water partition coefficient (Wildman–Crippen LogP) is 1.44. The minimum absolute atomic E-state index is 0.522. The predicted molar refractivity (Wildman–Crippen MR) is 63.3 cm³/mol. The van der Waals surface area contributed by atoms with Gasteiger partial charge in [-0.1, -0.05) is 0 Å². The Bertz CT molecular complexity index is 448. The van der Waals surface area contributed by atoms with Crippen molar-refractivity contribution in [3.8, 4) is 0 Å². The minimum Gasteiger partial charge on any atom is -0.308 e. The molecule has 0 saturated carbocycles. The Kier molecular flexibility index (Phi) is 2.71. The first kappa shape index (κ1) is 9.99. The van der Waals surface area contributed by atoms with Crippen LogP contribution in [0.5, 0.6) is 0 Å². The first-order valence-electron chi connectivity index (χ1n) is 5.53. The van der Waals surface area contributed by atoms with E-state index < -0.39 is 0 Å². The van der Waals surface area contributed by atoms with Gasteiger partial charge in [-0.25, -0.2) is 9.67 Å². The van der Waals surface area contributed by atoms with Gasteiger partial charge in [0.25, 0.3) is 0 Å². The van der Waals surface area contributed by atoms with Crippen molar-refractivity contribution in [3.63, 3.8) is 0 Å². The molecule has 4 nitrogen and oxygen atoms in total. The molecule has 1 atom stereocenters. The van der Waals surface area contributed by atoms with Crippen LogP contribution in [0.3, 0.4) is 0 Å². The quantitative estimate of drug-likeness (QED) is 0.874. The van der Waals surface area contributed by atoms with Gasteiger partial charge in [0, 0.05) is 19.0 Å². The lowest BCUT2D eigenvalue weighted by Gasteiger charge is -2.23. The monoisotopic (exact) mass is 234 g/mol. The summed E-state index contributed by atoms with van der Waals surface area (Å²) in [6.07, 6.45) is 3.83. The molecule has 1 aliphatic rings. The van der Waals surface area contributed by atoms with Crippen LogP contribution < -0.4 is 5.32 Å². The molecule has 3 heterocycles. The van der Waals surface area contributed by atoms with Crippen LogP contribution in [0.15, 0.2) is 23.2 Å². The van der Waals surface area contributed by atoms with Crippen LogP contribution in [0, 0.1) is 0 Å². The van der Waals surface area contributed by atoms with Gasteiger partial charge < -0.3 is 5.32 Å². The first-order valence-corrected chi connectivity index (χ1v) is 6.47. The fraction of sp³-hybridized carbons (Fsp3) is 0.455. The zero-order chi connectivity index (χ0) is 10.8. The molecule has 0 fully saturated rings. The number of fused-ring (bicyclic) bond motifs is 1. The van der Waals surface area contributed by atoms with Crippen molar-refractivity contribution in [3.05, 3.63) is 34.5 Å². The summed E-state index contributed by atoms with van der Waals surface area (Å²) in [5.74, 6) is 1.12. The molecule has 1 aliphatic heterocycles. The van der Waals surface area contributed by atoms with Gasteiger partial charge in [0.1, 0.15) is 12.2 Å². The number of nitrogens with zero attached hydrogens (tertiary/aromatic N) is 3. The van der Waals surface area contributed by atoms with E-state index in [0.29, 0.717) is 6.04 Å². The molecular weight excluding hydrogens is 220 g/mol. The highest BCUT2D eigenvalue weighted by molar-refractivity contribution is 7.07. The summed E-state index contributed by atoms with van der Waals surface area (Å²) in [4.78, 5) is 4.23. The molecule has 0 unspecified atom stereocenters. The number of hydrogen-bond donors (Lipinski definition) is 1. The Hall–Kier alpha value is -1.20. The van der Waals surface area contributed by atoms with Crippen molar-refractivity contribution in [2.45, 2.75) is 32.0 Å². The second-order valence-corrected chi connectivity index (χ2v) is 4.89. The minimum atomic E-state index is 0.522. The Morgan fingerprint density at radius 1 is 1.56 bits per heavy atom. The molecule has 0 bridgehead atoms. The van der Waals surface area contributed by atoms with E-state index in [2.05, 4.69) is 32.2 Å². The van der Waals surface area contributed by atoms with Crippen LogP contribution in [-0.4, -0.2) is 20.8 Å². The van der Waals surface area contributed by atoms with Crippen LogP contribution in [0.2, 0.25) is 0 Å². The van der Waals surface area contributed by atoms with E-state index in [0.717, 1.165) is 31.8 Å². The molecule has 0 amide bonds. The normalized spacial score (nSPS) is 19.6. The number of aryl methyl sites for hydroxylation is 1. The molecule has 3 rings (SSSR count).